The molecule has 86 valence electrons. The van der Waals surface area contributed by atoms with Crippen LogP contribution in [0.4, 0.5) is 0 Å². The SMILES string of the molecule is C=CCCC1(CCC(=O)OC)OCCO1. The summed E-state index contributed by atoms with van der Waals surface area (Å²) in [5, 5.41) is 0. The summed E-state index contributed by atoms with van der Waals surface area (Å²) in [5.74, 6) is -0.824. The highest BCUT2D eigenvalue weighted by molar-refractivity contribution is 5.69. The molecule has 0 amide bonds. The molecule has 0 bridgehead atoms. The van der Waals surface area contributed by atoms with E-state index in [2.05, 4.69) is 11.3 Å². The summed E-state index contributed by atoms with van der Waals surface area (Å²) in [5.41, 5.74) is 0. The van der Waals surface area contributed by atoms with E-state index in [0.717, 1.165) is 12.8 Å². The van der Waals surface area contributed by atoms with Gasteiger partial charge in [-0.2, -0.15) is 0 Å². The van der Waals surface area contributed by atoms with Crippen LogP contribution in [0.5, 0.6) is 0 Å². The molecule has 1 aliphatic heterocycles. The Morgan fingerprint density at radius 3 is 2.67 bits per heavy atom. The molecule has 15 heavy (non-hydrogen) atoms. The summed E-state index contributed by atoms with van der Waals surface area (Å²) in [6.45, 7) is 4.85. The molecule has 0 radical (unpaired) electrons. The first kappa shape index (κ1) is 12.2. The molecular weight excluding hydrogens is 196 g/mol. The minimum absolute atomic E-state index is 0.230. The third-order valence-electron chi connectivity index (χ3n) is 2.48. The Balaban J connectivity index is 2.42. The predicted octanol–water partition coefficient (Wildman–Crippen LogP) is 1.65. The summed E-state index contributed by atoms with van der Waals surface area (Å²) >= 11 is 0. The van der Waals surface area contributed by atoms with Gasteiger partial charge in [-0.3, -0.25) is 4.79 Å². The van der Waals surface area contributed by atoms with Crippen molar-refractivity contribution in [2.45, 2.75) is 31.5 Å². The predicted molar refractivity (Wildman–Crippen MR) is 55.3 cm³/mol. The molecule has 1 fully saturated rings. The van der Waals surface area contributed by atoms with Gasteiger partial charge in [0.2, 0.25) is 0 Å². The number of ether oxygens (including phenoxy) is 3. The third kappa shape index (κ3) is 3.64. The van der Waals surface area contributed by atoms with E-state index in [9.17, 15) is 4.79 Å². The summed E-state index contributed by atoms with van der Waals surface area (Å²) in [6, 6.07) is 0. The van der Waals surface area contributed by atoms with Gasteiger partial charge in [0.15, 0.2) is 5.79 Å². The first-order valence-corrected chi connectivity index (χ1v) is 5.18. The highest BCUT2D eigenvalue weighted by atomic mass is 16.7. The van der Waals surface area contributed by atoms with E-state index in [1.807, 2.05) is 6.08 Å². The van der Waals surface area contributed by atoms with Crippen molar-refractivity contribution in [3.8, 4) is 0 Å². The van der Waals surface area contributed by atoms with E-state index in [0.29, 0.717) is 26.1 Å². The molecule has 1 rings (SSSR count). The number of methoxy groups -OCH3 is 1. The summed E-state index contributed by atoms with van der Waals surface area (Å²) < 4.78 is 15.7. The van der Waals surface area contributed by atoms with Gasteiger partial charge in [0.05, 0.1) is 26.7 Å². The van der Waals surface area contributed by atoms with Crippen molar-refractivity contribution >= 4 is 5.97 Å². The van der Waals surface area contributed by atoms with E-state index in [4.69, 9.17) is 9.47 Å². The Morgan fingerprint density at radius 2 is 2.13 bits per heavy atom. The maximum Gasteiger partial charge on any atom is 0.305 e. The van der Waals surface area contributed by atoms with Gasteiger partial charge < -0.3 is 14.2 Å². The van der Waals surface area contributed by atoms with Crippen LogP contribution in [0.1, 0.15) is 25.7 Å². The number of allylic oxidation sites excluding steroid dienone is 1. The van der Waals surface area contributed by atoms with Crippen LogP contribution in [0.2, 0.25) is 0 Å². The molecule has 0 N–H and O–H groups in total. The number of esters is 1. The first-order chi connectivity index (χ1) is 7.22. The van der Waals surface area contributed by atoms with Crippen LogP contribution >= 0.6 is 0 Å². The lowest BCUT2D eigenvalue weighted by Crippen LogP contribution is -2.30. The van der Waals surface area contributed by atoms with Crippen molar-refractivity contribution in [2.75, 3.05) is 20.3 Å². The molecule has 0 saturated carbocycles. The molecule has 4 nitrogen and oxygen atoms in total. The first-order valence-electron chi connectivity index (χ1n) is 5.18. The summed E-state index contributed by atoms with van der Waals surface area (Å²) in [6.07, 6.45) is 4.26. The van der Waals surface area contributed by atoms with Crippen LogP contribution in [0.15, 0.2) is 12.7 Å². The second kappa shape index (κ2) is 5.88. The molecule has 0 aromatic carbocycles. The quantitative estimate of drug-likeness (QED) is 0.498. The largest absolute Gasteiger partial charge is 0.469 e. The highest BCUT2D eigenvalue weighted by Crippen LogP contribution is 2.30. The fourth-order valence-electron chi connectivity index (χ4n) is 1.63. The van der Waals surface area contributed by atoms with Crippen molar-refractivity contribution in [3.63, 3.8) is 0 Å². The van der Waals surface area contributed by atoms with Gasteiger partial charge in [-0.05, 0) is 6.42 Å². The normalized spacial score (nSPS) is 18.7. The maximum absolute atomic E-state index is 11.0. The number of carbonyl (C=O) groups is 1. The van der Waals surface area contributed by atoms with Crippen LogP contribution in [0, 0.1) is 0 Å². The fourth-order valence-corrected chi connectivity index (χ4v) is 1.63. The second-order valence-corrected chi connectivity index (χ2v) is 3.51. The monoisotopic (exact) mass is 214 g/mol. The van der Waals surface area contributed by atoms with Crippen LogP contribution < -0.4 is 0 Å². The maximum atomic E-state index is 11.0. The van der Waals surface area contributed by atoms with Gasteiger partial charge in [0, 0.05) is 12.8 Å². The molecule has 1 aliphatic rings. The van der Waals surface area contributed by atoms with Gasteiger partial charge >= 0.3 is 5.97 Å². The van der Waals surface area contributed by atoms with Gasteiger partial charge in [-0.25, -0.2) is 0 Å². The molecule has 0 aromatic heterocycles. The molecule has 0 aromatic rings. The molecule has 0 spiro atoms. The van der Waals surface area contributed by atoms with E-state index in [1.165, 1.54) is 7.11 Å². The number of hydrogen-bond acceptors (Lipinski definition) is 4. The zero-order valence-corrected chi connectivity index (χ0v) is 9.16. The molecule has 1 heterocycles. The van der Waals surface area contributed by atoms with Crippen molar-refractivity contribution in [1.82, 2.24) is 0 Å². The smallest absolute Gasteiger partial charge is 0.305 e. The molecule has 0 aliphatic carbocycles. The minimum Gasteiger partial charge on any atom is -0.469 e. The van der Waals surface area contributed by atoms with Gasteiger partial charge in [0.1, 0.15) is 0 Å². The topological polar surface area (TPSA) is 44.8 Å². The Kier molecular flexibility index (Phi) is 4.78. The van der Waals surface area contributed by atoms with Crippen molar-refractivity contribution in [3.05, 3.63) is 12.7 Å². The van der Waals surface area contributed by atoms with E-state index in [-0.39, 0.29) is 5.97 Å². The lowest BCUT2D eigenvalue weighted by molar-refractivity contribution is -0.173. The number of hydrogen-bond donors (Lipinski definition) is 0. The van der Waals surface area contributed by atoms with Gasteiger partial charge in [0.25, 0.3) is 0 Å². The Bertz CT molecular complexity index is 219. The van der Waals surface area contributed by atoms with Gasteiger partial charge in [-0.1, -0.05) is 6.08 Å². The second-order valence-electron chi connectivity index (χ2n) is 3.51. The van der Waals surface area contributed by atoms with E-state index >= 15 is 0 Å². The summed E-state index contributed by atoms with van der Waals surface area (Å²) in [4.78, 5) is 11.0. The van der Waals surface area contributed by atoms with Gasteiger partial charge in [-0.15, -0.1) is 6.58 Å². The Hall–Kier alpha value is -0.870. The summed E-state index contributed by atoms with van der Waals surface area (Å²) in [7, 11) is 1.38. The molecule has 0 atom stereocenters. The highest BCUT2D eigenvalue weighted by Gasteiger charge is 2.35. The molecular formula is C11H18O4. The van der Waals surface area contributed by atoms with E-state index < -0.39 is 5.79 Å². The molecule has 4 heteroatoms. The van der Waals surface area contributed by atoms with Crippen LogP contribution in [-0.4, -0.2) is 32.1 Å². The number of rotatable bonds is 6. The van der Waals surface area contributed by atoms with Crippen LogP contribution in [-0.2, 0) is 19.0 Å². The minimum atomic E-state index is -0.595. The molecule has 0 unspecified atom stereocenters. The Labute approximate surface area is 90.2 Å². The van der Waals surface area contributed by atoms with Crippen LogP contribution in [0.3, 0.4) is 0 Å². The van der Waals surface area contributed by atoms with Crippen molar-refractivity contribution in [1.29, 1.82) is 0 Å². The van der Waals surface area contributed by atoms with Crippen molar-refractivity contribution in [2.24, 2.45) is 0 Å². The number of carbonyl (C=O) groups excluding carboxylic acids is 1. The fraction of sp³-hybridized carbons (Fsp3) is 0.727. The average molecular weight is 214 g/mol. The standard InChI is InChI=1S/C11H18O4/c1-3-4-6-11(14-8-9-15-11)7-5-10(12)13-2/h3H,1,4-9H2,2H3. The van der Waals surface area contributed by atoms with Crippen molar-refractivity contribution < 1.29 is 19.0 Å². The average Bonchev–Trinajstić information content (AvgIpc) is 2.72. The van der Waals surface area contributed by atoms with E-state index in [1.54, 1.807) is 0 Å². The molecule has 1 saturated heterocycles. The Morgan fingerprint density at radius 1 is 1.47 bits per heavy atom. The van der Waals surface area contributed by atoms with Crippen LogP contribution in [0.25, 0.3) is 0 Å². The zero-order chi connectivity index (χ0) is 11.1. The lowest BCUT2D eigenvalue weighted by Gasteiger charge is -2.26. The zero-order valence-electron chi connectivity index (χ0n) is 9.16. The third-order valence-corrected chi connectivity index (χ3v) is 2.48. The lowest BCUT2D eigenvalue weighted by atomic mass is 10.0.